The molecule has 4 rings (SSSR count). The third-order valence-electron chi connectivity index (χ3n) is 5.05. The van der Waals surface area contributed by atoms with Crippen LogP contribution < -0.4 is 0 Å². The number of nitro benzene ring substituents is 1. The summed E-state index contributed by atoms with van der Waals surface area (Å²) in [6.45, 7) is 3.82. The summed E-state index contributed by atoms with van der Waals surface area (Å²) in [4.78, 5) is 37.4. The Morgan fingerprint density at radius 1 is 1.06 bits per heavy atom. The summed E-state index contributed by atoms with van der Waals surface area (Å²) in [5.74, 6) is 0.454. The molecule has 1 fully saturated rings. The SMILES string of the molecule is Cc1ccccc1CN1C(=O)S/C(=C\c2ccc(-c3ccc(C)c([N+](=O)[O-])c3)o2)C1=O. The second-order valence-corrected chi connectivity index (χ2v) is 8.15. The minimum Gasteiger partial charge on any atom is -0.457 e. The Balaban J connectivity index is 1.56. The number of carbonyl (C=O) groups is 2. The summed E-state index contributed by atoms with van der Waals surface area (Å²) in [5, 5.41) is 10.8. The van der Waals surface area contributed by atoms with Crippen LogP contribution in [0.1, 0.15) is 22.5 Å². The highest BCUT2D eigenvalue weighted by Gasteiger charge is 2.35. The van der Waals surface area contributed by atoms with E-state index in [2.05, 4.69) is 0 Å². The Hall–Kier alpha value is -3.65. The van der Waals surface area contributed by atoms with Gasteiger partial charge in [-0.1, -0.05) is 36.4 Å². The summed E-state index contributed by atoms with van der Waals surface area (Å²) in [6.07, 6.45) is 1.52. The van der Waals surface area contributed by atoms with Crippen molar-refractivity contribution >= 4 is 34.7 Å². The molecule has 1 aliphatic heterocycles. The molecule has 0 atom stereocenters. The highest BCUT2D eigenvalue weighted by Crippen LogP contribution is 2.35. The van der Waals surface area contributed by atoms with E-state index >= 15 is 0 Å². The second kappa shape index (κ2) is 8.23. The van der Waals surface area contributed by atoms with Gasteiger partial charge in [0.15, 0.2) is 0 Å². The van der Waals surface area contributed by atoms with Crippen LogP contribution in [0, 0.1) is 24.0 Å². The van der Waals surface area contributed by atoms with Crippen molar-refractivity contribution in [2.24, 2.45) is 0 Å². The van der Waals surface area contributed by atoms with E-state index in [4.69, 9.17) is 4.42 Å². The number of imide groups is 1. The zero-order valence-corrected chi connectivity index (χ0v) is 17.6. The van der Waals surface area contributed by atoms with E-state index in [1.165, 1.54) is 17.0 Å². The Kier molecular flexibility index (Phi) is 5.48. The smallest absolute Gasteiger partial charge is 0.293 e. The highest BCUT2D eigenvalue weighted by molar-refractivity contribution is 8.18. The Morgan fingerprint density at radius 3 is 2.58 bits per heavy atom. The lowest BCUT2D eigenvalue weighted by Crippen LogP contribution is -2.27. The Bertz CT molecular complexity index is 1240. The molecule has 1 saturated heterocycles. The number of amides is 2. The van der Waals surface area contributed by atoms with Crippen LogP contribution in [0.15, 0.2) is 63.9 Å². The van der Waals surface area contributed by atoms with Crippen molar-refractivity contribution in [2.75, 3.05) is 0 Å². The van der Waals surface area contributed by atoms with E-state index in [0.29, 0.717) is 22.6 Å². The molecule has 0 radical (unpaired) electrons. The predicted molar refractivity (Wildman–Crippen MR) is 118 cm³/mol. The molecule has 0 N–H and O–H groups in total. The molecule has 0 aliphatic carbocycles. The Morgan fingerprint density at radius 2 is 1.84 bits per heavy atom. The summed E-state index contributed by atoms with van der Waals surface area (Å²) in [7, 11) is 0. The van der Waals surface area contributed by atoms with Crippen LogP contribution in [0.5, 0.6) is 0 Å². The zero-order chi connectivity index (χ0) is 22.1. The number of nitrogens with zero attached hydrogens (tertiary/aromatic N) is 2. The average molecular weight is 434 g/mol. The van der Waals surface area contributed by atoms with Crippen molar-refractivity contribution in [3.8, 4) is 11.3 Å². The summed E-state index contributed by atoms with van der Waals surface area (Å²) in [5.41, 5.74) is 3.04. The maximum atomic E-state index is 12.8. The molecule has 2 amide bonds. The van der Waals surface area contributed by atoms with Gasteiger partial charge < -0.3 is 4.42 Å². The molecular formula is C23H18N2O5S. The molecule has 0 unspecified atom stereocenters. The molecule has 2 aromatic carbocycles. The lowest BCUT2D eigenvalue weighted by Gasteiger charge is -2.14. The number of benzene rings is 2. The summed E-state index contributed by atoms with van der Waals surface area (Å²) >= 11 is 0.864. The molecule has 0 spiro atoms. The van der Waals surface area contributed by atoms with Crippen LogP contribution in [-0.2, 0) is 11.3 Å². The number of hydrogen-bond donors (Lipinski definition) is 0. The van der Waals surface area contributed by atoms with Crippen LogP contribution in [-0.4, -0.2) is 21.0 Å². The first-order chi connectivity index (χ1) is 14.8. The van der Waals surface area contributed by atoms with E-state index < -0.39 is 4.92 Å². The molecule has 0 saturated carbocycles. The summed E-state index contributed by atoms with van der Waals surface area (Å²) in [6, 6.07) is 15.8. The number of furan rings is 1. The normalized spacial score (nSPS) is 15.2. The molecule has 0 bridgehead atoms. The van der Waals surface area contributed by atoms with Gasteiger partial charge in [-0.25, -0.2) is 0 Å². The molecule has 31 heavy (non-hydrogen) atoms. The quantitative estimate of drug-likeness (QED) is 0.290. The Labute approximate surface area is 182 Å². The lowest BCUT2D eigenvalue weighted by molar-refractivity contribution is -0.385. The van der Waals surface area contributed by atoms with Crippen LogP contribution in [0.3, 0.4) is 0 Å². The average Bonchev–Trinajstić information content (AvgIpc) is 3.30. The van der Waals surface area contributed by atoms with E-state index in [1.54, 1.807) is 31.2 Å². The van der Waals surface area contributed by atoms with E-state index in [1.807, 2.05) is 31.2 Å². The third kappa shape index (κ3) is 4.15. The summed E-state index contributed by atoms with van der Waals surface area (Å²) < 4.78 is 5.77. The van der Waals surface area contributed by atoms with Gasteiger partial charge in [-0.3, -0.25) is 24.6 Å². The van der Waals surface area contributed by atoms with Gasteiger partial charge in [-0.2, -0.15) is 0 Å². The predicted octanol–water partition coefficient (Wildman–Crippen LogP) is 5.71. The number of aryl methyl sites for hydroxylation is 2. The molecular weight excluding hydrogens is 416 g/mol. The highest BCUT2D eigenvalue weighted by atomic mass is 32.2. The fourth-order valence-electron chi connectivity index (χ4n) is 3.27. The first kappa shape index (κ1) is 20.6. The monoisotopic (exact) mass is 434 g/mol. The van der Waals surface area contributed by atoms with Gasteiger partial charge in [-0.05, 0) is 48.9 Å². The maximum absolute atomic E-state index is 12.8. The molecule has 7 nitrogen and oxygen atoms in total. The maximum Gasteiger partial charge on any atom is 0.293 e. The van der Waals surface area contributed by atoms with Gasteiger partial charge in [0.05, 0.1) is 16.4 Å². The van der Waals surface area contributed by atoms with Crippen LogP contribution in [0.25, 0.3) is 17.4 Å². The van der Waals surface area contributed by atoms with Crippen molar-refractivity contribution in [1.82, 2.24) is 4.90 Å². The van der Waals surface area contributed by atoms with E-state index in [9.17, 15) is 19.7 Å². The van der Waals surface area contributed by atoms with E-state index in [-0.39, 0.29) is 28.3 Å². The van der Waals surface area contributed by atoms with Crippen LogP contribution >= 0.6 is 11.8 Å². The van der Waals surface area contributed by atoms with Crippen molar-refractivity contribution in [1.29, 1.82) is 0 Å². The standard InChI is InChI=1S/C23H18N2O5S/c1-14-5-3-4-6-17(14)13-24-22(26)21(31-23(24)27)12-18-9-10-20(30-18)16-8-7-15(2)19(11-16)25(28)29/h3-12H,13H2,1-2H3/b21-12-. The van der Waals surface area contributed by atoms with Gasteiger partial charge in [0.2, 0.25) is 0 Å². The van der Waals surface area contributed by atoms with E-state index in [0.717, 1.165) is 22.9 Å². The number of nitro groups is 1. The van der Waals surface area contributed by atoms with Crippen molar-refractivity contribution in [3.05, 3.63) is 92.1 Å². The van der Waals surface area contributed by atoms with Gasteiger partial charge in [0.25, 0.3) is 16.8 Å². The number of hydrogen-bond acceptors (Lipinski definition) is 6. The number of thioether (sulfide) groups is 1. The zero-order valence-electron chi connectivity index (χ0n) is 16.8. The second-order valence-electron chi connectivity index (χ2n) is 7.15. The lowest BCUT2D eigenvalue weighted by atomic mass is 10.1. The van der Waals surface area contributed by atoms with Crippen molar-refractivity contribution < 1.29 is 18.9 Å². The van der Waals surface area contributed by atoms with Crippen molar-refractivity contribution in [3.63, 3.8) is 0 Å². The topological polar surface area (TPSA) is 93.7 Å². The molecule has 1 aromatic heterocycles. The first-order valence-corrected chi connectivity index (χ1v) is 10.3. The van der Waals surface area contributed by atoms with Crippen molar-refractivity contribution in [2.45, 2.75) is 20.4 Å². The third-order valence-corrected chi connectivity index (χ3v) is 5.96. The molecule has 8 heteroatoms. The fourth-order valence-corrected chi connectivity index (χ4v) is 4.09. The molecule has 2 heterocycles. The molecule has 156 valence electrons. The molecule has 1 aliphatic rings. The van der Waals surface area contributed by atoms with Gasteiger partial charge >= 0.3 is 0 Å². The number of carbonyl (C=O) groups excluding carboxylic acids is 2. The molecule has 3 aromatic rings. The van der Waals surface area contributed by atoms with Crippen LogP contribution in [0.4, 0.5) is 10.5 Å². The van der Waals surface area contributed by atoms with Gasteiger partial charge in [0.1, 0.15) is 11.5 Å². The largest absolute Gasteiger partial charge is 0.457 e. The van der Waals surface area contributed by atoms with Gasteiger partial charge in [0, 0.05) is 23.3 Å². The number of rotatable bonds is 5. The van der Waals surface area contributed by atoms with Gasteiger partial charge in [-0.15, -0.1) is 0 Å². The minimum atomic E-state index is -0.437. The van der Waals surface area contributed by atoms with Crippen LogP contribution in [0.2, 0.25) is 0 Å². The first-order valence-electron chi connectivity index (χ1n) is 9.48. The fraction of sp³-hybridized carbons (Fsp3) is 0.130. The minimum absolute atomic E-state index is 0.00720.